The Kier molecular flexibility index (Phi) is 6.53. The number of ether oxygens (including phenoxy) is 2. The van der Waals surface area contributed by atoms with E-state index in [-0.39, 0.29) is 28.6 Å². The number of imide groups is 1. The highest BCUT2D eigenvalue weighted by Crippen LogP contribution is 2.43. The Morgan fingerprint density at radius 3 is 2.68 bits per heavy atom. The van der Waals surface area contributed by atoms with E-state index in [9.17, 15) is 19.5 Å². The summed E-state index contributed by atoms with van der Waals surface area (Å²) in [5.74, 6) is -1.28. The van der Waals surface area contributed by atoms with E-state index in [1.165, 1.54) is 13.2 Å². The van der Waals surface area contributed by atoms with Crippen LogP contribution in [0, 0.1) is 0 Å². The summed E-state index contributed by atoms with van der Waals surface area (Å²) in [5.41, 5.74) is 0.271. The molecule has 1 N–H and O–H groups in total. The molecule has 0 aromatic heterocycles. The van der Waals surface area contributed by atoms with Gasteiger partial charge < -0.3 is 14.6 Å². The highest BCUT2D eigenvalue weighted by Gasteiger charge is 2.37. The standard InChI is InChI=1S/C15H13Br2NO6S/c1-3-24-11(19)6-18-14(21)10(25-15(18)22)4-7-12(17)8(16)5-9(23-2)13(7)20/h4-5,20H,3,6H2,1-2H3/b10-4-. The molecule has 1 aromatic carbocycles. The van der Waals surface area contributed by atoms with Gasteiger partial charge in [0.05, 0.1) is 18.6 Å². The van der Waals surface area contributed by atoms with Gasteiger partial charge in [-0.25, -0.2) is 0 Å². The van der Waals surface area contributed by atoms with Gasteiger partial charge in [-0.15, -0.1) is 0 Å². The largest absolute Gasteiger partial charge is 0.504 e. The predicted octanol–water partition coefficient (Wildman–Crippen LogP) is 3.53. The Balaban J connectivity index is 2.37. The average molecular weight is 495 g/mol. The molecule has 25 heavy (non-hydrogen) atoms. The number of hydrogen-bond acceptors (Lipinski definition) is 7. The van der Waals surface area contributed by atoms with Crippen molar-refractivity contribution in [3.63, 3.8) is 0 Å². The number of thioether (sulfide) groups is 1. The number of aromatic hydroxyl groups is 1. The van der Waals surface area contributed by atoms with Gasteiger partial charge in [-0.05, 0) is 62.7 Å². The summed E-state index contributed by atoms with van der Waals surface area (Å²) in [7, 11) is 1.40. The van der Waals surface area contributed by atoms with E-state index in [2.05, 4.69) is 31.9 Å². The van der Waals surface area contributed by atoms with E-state index in [0.29, 0.717) is 20.7 Å². The number of carbonyl (C=O) groups excluding carboxylic acids is 3. The highest BCUT2D eigenvalue weighted by atomic mass is 79.9. The first-order chi connectivity index (χ1) is 11.8. The number of carbonyl (C=O) groups is 3. The van der Waals surface area contributed by atoms with E-state index in [0.717, 1.165) is 4.90 Å². The van der Waals surface area contributed by atoms with Gasteiger partial charge in [0.15, 0.2) is 11.5 Å². The minimum Gasteiger partial charge on any atom is -0.504 e. The molecule has 0 bridgehead atoms. The number of methoxy groups -OCH3 is 1. The van der Waals surface area contributed by atoms with Crippen LogP contribution in [0.25, 0.3) is 6.08 Å². The SMILES string of the molecule is CCOC(=O)CN1C(=O)S/C(=C\c2c(O)c(OC)cc(Br)c2Br)C1=O. The average Bonchev–Trinajstić information content (AvgIpc) is 2.82. The van der Waals surface area contributed by atoms with Crippen LogP contribution in [0.4, 0.5) is 4.79 Å². The molecule has 1 fully saturated rings. The normalized spacial score (nSPS) is 15.8. The Labute approximate surface area is 164 Å². The molecule has 0 unspecified atom stereocenters. The van der Waals surface area contributed by atoms with Crippen molar-refractivity contribution in [2.45, 2.75) is 6.92 Å². The zero-order valence-corrected chi connectivity index (χ0v) is 17.2. The molecule has 0 spiro atoms. The number of phenols is 1. The first-order valence-corrected chi connectivity index (χ1v) is 9.36. The highest BCUT2D eigenvalue weighted by molar-refractivity contribution is 9.13. The second-order valence-electron chi connectivity index (χ2n) is 4.71. The van der Waals surface area contributed by atoms with Gasteiger partial charge in [0.25, 0.3) is 11.1 Å². The minimum absolute atomic E-state index is 0.0745. The van der Waals surface area contributed by atoms with E-state index in [1.807, 2.05) is 0 Å². The second kappa shape index (κ2) is 8.24. The fourth-order valence-corrected chi connectivity index (χ4v) is 3.66. The first kappa shape index (κ1) is 19.8. The van der Waals surface area contributed by atoms with Crippen LogP contribution in [0.2, 0.25) is 0 Å². The molecule has 10 heteroatoms. The number of amides is 2. The molecule has 2 amide bonds. The van der Waals surface area contributed by atoms with Gasteiger partial charge in [-0.3, -0.25) is 19.3 Å². The number of halogens is 2. The zero-order valence-electron chi connectivity index (χ0n) is 13.2. The van der Waals surface area contributed by atoms with Crippen LogP contribution in [0.5, 0.6) is 11.5 Å². The van der Waals surface area contributed by atoms with E-state index in [4.69, 9.17) is 9.47 Å². The molecule has 0 atom stereocenters. The monoisotopic (exact) mass is 493 g/mol. The maximum absolute atomic E-state index is 12.4. The van der Waals surface area contributed by atoms with Gasteiger partial charge >= 0.3 is 5.97 Å². The smallest absolute Gasteiger partial charge is 0.326 e. The maximum Gasteiger partial charge on any atom is 0.326 e. The Morgan fingerprint density at radius 1 is 1.40 bits per heavy atom. The van der Waals surface area contributed by atoms with Crippen LogP contribution >= 0.6 is 43.6 Å². The third-order valence-corrected chi connectivity index (χ3v) is 6.07. The van der Waals surface area contributed by atoms with Crippen molar-refractivity contribution in [3.8, 4) is 11.5 Å². The molecule has 1 saturated heterocycles. The van der Waals surface area contributed by atoms with Crippen LogP contribution in [0.3, 0.4) is 0 Å². The molecule has 1 heterocycles. The van der Waals surface area contributed by atoms with Crippen molar-refractivity contribution in [1.82, 2.24) is 4.90 Å². The molecule has 0 aliphatic carbocycles. The lowest BCUT2D eigenvalue weighted by Crippen LogP contribution is -2.34. The van der Waals surface area contributed by atoms with Gasteiger partial charge in [0.2, 0.25) is 0 Å². The molecular formula is C15H13Br2NO6S. The molecule has 1 aromatic rings. The Hall–Kier alpha value is -1.52. The van der Waals surface area contributed by atoms with Crippen LogP contribution in [-0.4, -0.2) is 47.4 Å². The van der Waals surface area contributed by atoms with Gasteiger partial charge in [0, 0.05) is 14.5 Å². The number of phenolic OH excluding ortho intramolecular Hbond substituents is 1. The molecule has 1 aliphatic rings. The fraction of sp³-hybridized carbons (Fsp3) is 0.267. The third-order valence-electron chi connectivity index (χ3n) is 3.15. The summed E-state index contributed by atoms with van der Waals surface area (Å²) in [5, 5.41) is 9.69. The lowest BCUT2D eigenvalue weighted by atomic mass is 10.1. The summed E-state index contributed by atoms with van der Waals surface area (Å²) in [6.45, 7) is 1.33. The van der Waals surface area contributed by atoms with Crippen molar-refractivity contribution in [2.75, 3.05) is 20.3 Å². The fourth-order valence-electron chi connectivity index (χ4n) is 2.00. The number of benzene rings is 1. The number of esters is 1. The molecule has 7 nitrogen and oxygen atoms in total. The Morgan fingerprint density at radius 2 is 2.08 bits per heavy atom. The molecule has 0 saturated carbocycles. The number of hydrogen-bond donors (Lipinski definition) is 1. The molecule has 2 rings (SSSR count). The third kappa shape index (κ3) is 4.18. The summed E-state index contributed by atoms with van der Waals surface area (Å²) in [6.07, 6.45) is 1.36. The molecule has 0 radical (unpaired) electrons. The molecule has 1 aliphatic heterocycles. The van der Waals surface area contributed by atoms with Crippen molar-refractivity contribution < 1.29 is 29.0 Å². The van der Waals surface area contributed by atoms with E-state index < -0.39 is 23.7 Å². The summed E-state index contributed by atoms with van der Waals surface area (Å²) in [4.78, 5) is 36.8. The van der Waals surface area contributed by atoms with Crippen LogP contribution in [0.15, 0.2) is 19.9 Å². The minimum atomic E-state index is -0.667. The number of rotatable bonds is 5. The lowest BCUT2D eigenvalue weighted by Gasteiger charge is -2.11. The summed E-state index contributed by atoms with van der Waals surface area (Å²) < 4.78 is 10.9. The van der Waals surface area contributed by atoms with Crippen molar-refractivity contribution in [2.24, 2.45) is 0 Å². The number of nitrogens with zero attached hydrogens (tertiary/aromatic N) is 1. The quantitative estimate of drug-likeness (QED) is 0.494. The first-order valence-electron chi connectivity index (χ1n) is 6.96. The molecular weight excluding hydrogens is 482 g/mol. The summed E-state index contributed by atoms with van der Waals surface area (Å²) in [6, 6.07) is 1.56. The van der Waals surface area contributed by atoms with Gasteiger partial charge in [-0.1, -0.05) is 0 Å². The second-order valence-corrected chi connectivity index (χ2v) is 7.35. The van der Waals surface area contributed by atoms with Gasteiger partial charge in [-0.2, -0.15) is 0 Å². The van der Waals surface area contributed by atoms with Crippen LogP contribution in [0.1, 0.15) is 12.5 Å². The lowest BCUT2D eigenvalue weighted by molar-refractivity contribution is -0.145. The van der Waals surface area contributed by atoms with Crippen molar-refractivity contribution in [3.05, 3.63) is 25.5 Å². The molecule has 134 valence electrons. The van der Waals surface area contributed by atoms with Crippen LogP contribution < -0.4 is 4.74 Å². The Bertz CT molecular complexity index is 780. The summed E-state index contributed by atoms with van der Waals surface area (Å²) >= 11 is 7.30. The van der Waals surface area contributed by atoms with Crippen molar-refractivity contribution in [1.29, 1.82) is 0 Å². The van der Waals surface area contributed by atoms with E-state index >= 15 is 0 Å². The maximum atomic E-state index is 12.4. The van der Waals surface area contributed by atoms with Gasteiger partial charge in [0.1, 0.15) is 6.54 Å². The van der Waals surface area contributed by atoms with Crippen molar-refractivity contribution >= 4 is 66.8 Å². The predicted molar refractivity (Wildman–Crippen MR) is 99.4 cm³/mol. The topological polar surface area (TPSA) is 93.1 Å². The zero-order chi connectivity index (χ0) is 18.7. The van der Waals surface area contributed by atoms with Crippen LogP contribution in [-0.2, 0) is 14.3 Å². The van der Waals surface area contributed by atoms with E-state index in [1.54, 1.807) is 13.0 Å².